The maximum Gasteiger partial charge on any atom is 0.0502 e. The van der Waals surface area contributed by atoms with Crippen molar-refractivity contribution in [3.63, 3.8) is 0 Å². The van der Waals surface area contributed by atoms with Gasteiger partial charge in [0.25, 0.3) is 0 Å². The molecule has 1 fully saturated rings. The van der Waals surface area contributed by atoms with Gasteiger partial charge in [-0.25, -0.2) is 0 Å². The smallest absolute Gasteiger partial charge is 0.0502 e. The zero-order valence-corrected chi connectivity index (χ0v) is 7.20. The Morgan fingerprint density at radius 3 is 2.00 bits per heavy atom. The topological polar surface area (TPSA) is 0 Å². The maximum atomic E-state index is 2.52. The Morgan fingerprint density at radius 2 is 1.88 bits per heavy atom. The van der Waals surface area contributed by atoms with Crippen LogP contribution in [0.25, 0.3) is 0 Å². The van der Waals surface area contributed by atoms with Crippen LogP contribution in [0.3, 0.4) is 0 Å². The van der Waals surface area contributed by atoms with Gasteiger partial charge in [-0.15, -0.1) is 0 Å². The van der Waals surface area contributed by atoms with Gasteiger partial charge in [0.05, 0.1) is 8.07 Å². The van der Waals surface area contributed by atoms with Gasteiger partial charge < -0.3 is 0 Å². The van der Waals surface area contributed by atoms with E-state index in [4.69, 9.17) is 0 Å². The van der Waals surface area contributed by atoms with Crippen molar-refractivity contribution in [1.29, 1.82) is 0 Å². The van der Waals surface area contributed by atoms with Gasteiger partial charge in [0, 0.05) is 0 Å². The van der Waals surface area contributed by atoms with Crippen LogP contribution in [0, 0.1) is 0 Å². The zero-order valence-electron chi connectivity index (χ0n) is 6.20. The highest BCUT2D eigenvalue weighted by Gasteiger charge is 2.37. The van der Waals surface area contributed by atoms with Crippen molar-refractivity contribution in [2.45, 2.75) is 44.4 Å². The summed E-state index contributed by atoms with van der Waals surface area (Å²) in [6.45, 7) is 7.39. The van der Waals surface area contributed by atoms with E-state index in [-0.39, 0.29) is 0 Å². The van der Waals surface area contributed by atoms with Crippen molar-refractivity contribution in [2.24, 2.45) is 0 Å². The molecule has 0 unspecified atom stereocenters. The lowest BCUT2D eigenvalue weighted by molar-refractivity contribution is 1.23. The van der Waals surface area contributed by atoms with Crippen molar-refractivity contribution in [2.75, 3.05) is 0 Å². The minimum absolute atomic E-state index is 0.644. The summed E-state index contributed by atoms with van der Waals surface area (Å²) in [5.41, 5.74) is 1.20. The van der Waals surface area contributed by atoms with Crippen LogP contribution >= 0.6 is 0 Å². The fourth-order valence-corrected chi connectivity index (χ4v) is 3.46. The standard InChI is InChI=1S/C7H16Si/c1-4-8(2,3)7-5-6-7/h7H,4-6H2,1-3H3. The first-order chi connectivity index (χ1) is 3.67. The van der Waals surface area contributed by atoms with Gasteiger partial charge in [-0.05, 0) is 5.54 Å². The van der Waals surface area contributed by atoms with Crippen molar-refractivity contribution >= 4 is 8.07 Å². The summed E-state index contributed by atoms with van der Waals surface area (Å²) < 4.78 is 0. The third-order valence-electron chi connectivity index (χ3n) is 2.59. The average molecular weight is 128 g/mol. The fraction of sp³-hybridized carbons (Fsp3) is 1.00. The van der Waals surface area contributed by atoms with Crippen LogP contribution in [-0.2, 0) is 0 Å². The minimum Gasteiger partial charge on any atom is -0.0692 e. The SMILES string of the molecule is CC[Si](C)(C)C1CC1. The first kappa shape index (κ1) is 6.34. The van der Waals surface area contributed by atoms with E-state index in [1.807, 2.05) is 0 Å². The summed E-state index contributed by atoms with van der Waals surface area (Å²) in [5.74, 6) is 0. The van der Waals surface area contributed by atoms with Gasteiger partial charge in [0.15, 0.2) is 0 Å². The van der Waals surface area contributed by atoms with E-state index in [0.29, 0.717) is 0 Å². The van der Waals surface area contributed by atoms with E-state index in [2.05, 4.69) is 20.0 Å². The van der Waals surface area contributed by atoms with Gasteiger partial charge >= 0.3 is 0 Å². The molecule has 1 rings (SSSR count). The lowest BCUT2D eigenvalue weighted by Crippen LogP contribution is -2.23. The molecule has 0 aromatic rings. The summed E-state index contributed by atoms with van der Waals surface area (Å²) in [7, 11) is -0.644. The molecule has 0 spiro atoms. The Bertz CT molecular complexity index is 82.4. The lowest BCUT2D eigenvalue weighted by Gasteiger charge is -2.18. The highest BCUT2D eigenvalue weighted by atomic mass is 28.3. The highest BCUT2D eigenvalue weighted by molar-refractivity contribution is 6.79. The fourth-order valence-electron chi connectivity index (χ4n) is 1.15. The molecule has 1 heteroatoms. The summed E-state index contributed by atoms with van der Waals surface area (Å²) in [4.78, 5) is 0. The minimum atomic E-state index is -0.644. The van der Waals surface area contributed by atoms with Crippen molar-refractivity contribution < 1.29 is 0 Å². The molecule has 0 atom stereocenters. The van der Waals surface area contributed by atoms with Crippen molar-refractivity contribution in [3.8, 4) is 0 Å². The van der Waals surface area contributed by atoms with Gasteiger partial charge in [-0.1, -0.05) is 38.9 Å². The Balaban J connectivity index is 2.37. The predicted octanol–water partition coefficient (Wildman–Crippen LogP) is 2.88. The Hall–Kier alpha value is 0.217. The molecule has 0 amide bonds. The Labute approximate surface area is 53.3 Å². The molecule has 0 heterocycles. The molecule has 0 aromatic carbocycles. The lowest BCUT2D eigenvalue weighted by atomic mass is 10.9. The molecule has 0 aromatic heterocycles. The molecule has 0 nitrogen and oxygen atoms in total. The van der Waals surface area contributed by atoms with Gasteiger partial charge in [-0.3, -0.25) is 0 Å². The van der Waals surface area contributed by atoms with Crippen LogP contribution in [0.4, 0.5) is 0 Å². The van der Waals surface area contributed by atoms with Crippen LogP contribution in [-0.4, -0.2) is 8.07 Å². The normalized spacial score (nSPS) is 21.4. The molecule has 8 heavy (non-hydrogen) atoms. The van der Waals surface area contributed by atoms with Crippen molar-refractivity contribution in [1.82, 2.24) is 0 Å². The van der Waals surface area contributed by atoms with E-state index in [0.717, 1.165) is 0 Å². The molecule has 0 radical (unpaired) electrons. The molecule has 0 aliphatic heterocycles. The van der Waals surface area contributed by atoms with E-state index >= 15 is 0 Å². The molecule has 48 valence electrons. The third kappa shape index (κ3) is 1.13. The van der Waals surface area contributed by atoms with E-state index in [1.54, 1.807) is 12.8 Å². The van der Waals surface area contributed by atoms with Crippen LogP contribution in [0.15, 0.2) is 0 Å². The second-order valence-electron chi connectivity index (χ2n) is 3.62. The Morgan fingerprint density at radius 1 is 1.38 bits per heavy atom. The van der Waals surface area contributed by atoms with Crippen LogP contribution in [0.5, 0.6) is 0 Å². The summed E-state index contributed by atoms with van der Waals surface area (Å²) in [6.07, 6.45) is 3.10. The molecule has 0 bridgehead atoms. The second kappa shape index (κ2) is 1.87. The van der Waals surface area contributed by atoms with Gasteiger partial charge in [-0.2, -0.15) is 0 Å². The summed E-state index contributed by atoms with van der Waals surface area (Å²) >= 11 is 0. The first-order valence-corrected chi connectivity index (χ1v) is 6.95. The van der Waals surface area contributed by atoms with Crippen LogP contribution in [0.1, 0.15) is 19.8 Å². The molecular weight excluding hydrogens is 112 g/mol. The number of rotatable bonds is 2. The quantitative estimate of drug-likeness (QED) is 0.502. The molecule has 1 saturated carbocycles. The third-order valence-corrected chi connectivity index (χ3v) is 7.20. The molecular formula is C7H16Si. The largest absolute Gasteiger partial charge is 0.0692 e. The average Bonchev–Trinajstić information content (AvgIpc) is 2.44. The van der Waals surface area contributed by atoms with E-state index < -0.39 is 8.07 Å². The number of hydrogen-bond acceptors (Lipinski definition) is 0. The Kier molecular flexibility index (Phi) is 1.48. The molecule has 1 aliphatic rings. The first-order valence-electron chi connectivity index (χ1n) is 3.67. The summed E-state index contributed by atoms with van der Waals surface area (Å²) in [5, 5.41) is 0. The highest BCUT2D eigenvalue weighted by Crippen LogP contribution is 2.46. The van der Waals surface area contributed by atoms with Gasteiger partial charge in [0.1, 0.15) is 0 Å². The summed E-state index contributed by atoms with van der Waals surface area (Å²) in [6, 6.07) is 1.48. The van der Waals surface area contributed by atoms with Gasteiger partial charge in [0.2, 0.25) is 0 Å². The maximum absolute atomic E-state index is 2.52. The predicted molar refractivity (Wildman–Crippen MR) is 40.9 cm³/mol. The van der Waals surface area contributed by atoms with Crippen LogP contribution < -0.4 is 0 Å². The molecule has 1 aliphatic carbocycles. The number of hydrogen-bond donors (Lipinski definition) is 0. The zero-order chi connectivity index (χ0) is 6.20. The van der Waals surface area contributed by atoms with E-state index in [1.165, 1.54) is 11.6 Å². The van der Waals surface area contributed by atoms with Crippen molar-refractivity contribution in [3.05, 3.63) is 0 Å². The van der Waals surface area contributed by atoms with Crippen LogP contribution in [0.2, 0.25) is 24.7 Å². The molecule has 0 saturated heterocycles. The monoisotopic (exact) mass is 128 g/mol. The van der Waals surface area contributed by atoms with E-state index in [9.17, 15) is 0 Å². The molecule has 0 N–H and O–H groups in total. The second-order valence-corrected chi connectivity index (χ2v) is 9.12.